The number of aliphatic hydroxyl groups excluding tert-OH is 9. The molecule has 14 N–H and O–H groups in total. The molecular formula is C59H100N6O22. The smallest absolute Gasteiger partial charge is 0.306 e. The molecule has 0 spiro atoms. The average Bonchev–Trinajstić information content (AvgIpc) is 3.39. The van der Waals surface area contributed by atoms with Crippen molar-refractivity contribution in [1.82, 2.24) is 31.5 Å². The third-order valence-corrected chi connectivity index (χ3v) is 15.5. The molecule has 498 valence electrons. The summed E-state index contributed by atoms with van der Waals surface area (Å²) in [6, 6.07) is 6.74. The standard InChI is InChI=1S/C59H100N6O22/c1-5-6-7-8-9-10-11-12-13-17-23-42(66)64-40(24-25-45(69)84-35-39-20-15-14-16-21-39)55(79)62-26-19-18-22-41(56(80)63-29-32-83-59-54(78)51(75)48(72)38(4)87-59)65(33-43(67)60-27-30-81-57-52(76)49(73)46(70)36(2)85-57)34-44(68)61-28-31-82-58-53(77)50(74)47(71)37(3)86-58/h14-16,20-21,36-38,40-41,46-54,57-59,70-78H,5-13,17-19,22-35H2,1-4H3,(H,60,67)(H,61,68)(H,62,79)(H,63,80)(H,64,66)/t36-,37-,38-,40-,41-,46+,47+,48+,49+,50+,51+,52-,53-,54-,57+,58+,59+/m0/s1. The number of aliphatic hydroxyl groups is 9. The van der Waals surface area contributed by atoms with Crippen molar-refractivity contribution in [3.8, 4) is 0 Å². The lowest BCUT2D eigenvalue weighted by molar-refractivity contribution is -0.292. The summed E-state index contributed by atoms with van der Waals surface area (Å²) < 4.78 is 38.6. The van der Waals surface area contributed by atoms with Gasteiger partial charge in [0.2, 0.25) is 29.5 Å². The summed E-state index contributed by atoms with van der Waals surface area (Å²) in [5, 5.41) is 106. The molecule has 87 heavy (non-hydrogen) atoms. The zero-order valence-corrected chi connectivity index (χ0v) is 50.9. The number of rotatable bonds is 41. The van der Waals surface area contributed by atoms with Gasteiger partial charge < -0.3 is 106 Å². The Morgan fingerprint density at radius 3 is 1.39 bits per heavy atom. The van der Waals surface area contributed by atoms with Crippen LogP contribution in [0.5, 0.6) is 0 Å². The highest BCUT2D eigenvalue weighted by molar-refractivity contribution is 5.88. The zero-order chi connectivity index (χ0) is 63.8. The number of hydrogen-bond donors (Lipinski definition) is 14. The monoisotopic (exact) mass is 1240 g/mol. The number of unbranched alkanes of at least 4 members (excludes halogenated alkanes) is 10. The topological polar surface area (TPSA) is 412 Å². The van der Waals surface area contributed by atoms with Gasteiger partial charge in [-0.25, -0.2) is 0 Å². The van der Waals surface area contributed by atoms with Crippen molar-refractivity contribution in [2.75, 3.05) is 59.1 Å². The lowest BCUT2D eigenvalue weighted by atomic mass is 10.0. The molecule has 4 rings (SSSR count). The molecule has 0 radical (unpaired) electrons. The summed E-state index contributed by atoms with van der Waals surface area (Å²) in [7, 11) is 0. The Kier molecular flexibility index (Phi) is 35.2. The minimum atomic E-state index is -1.63. The largest absolute Gasteiger partial charge is 0.461 e. The van der Waals surface area contributed by atoms with Gasteiger partial charge in [-0.05, 0) is 58.4 Å². The summed E-state index contributed by atoms with van der Waals surface area (Å²) in [6.45, 7) is 4.18. The average molecular weight is 1250 g/mol. The van der Waals surface area contributed by atoms with Gasteiger partial charge in [0, 0.05) is 39.0 Å². The Balaban J connectivity index is 1.45. The lowest BCUT2D eigenvalue weighted by Crippen LogP contribution is -2.58. The first kappa shape index (κ1) is 74.9. The van der Waals surface area contributed by atoms with E-state index in [0.717, 1.165) is 31.2 Å². The highest BCUT2D eigenvalue weighted by Gasteiger charge is 2.45. The molecule has 3 fully saturated rings. The summed E-state index contributed by atoms with van der Waals surface area (Å²) in [4.78, 5) is 83.0. The van der Waals surface area contributed by atoms with Gasteiger partial charge in [0.1, 0.15) is 67.6 Å². The summed E-state index contributed by atoms with van der Waals surface area (Å²) >= 11 is 0. The number of nitrogens with zero attached hydrogens (tertiary/aromatic N) is 1. The van der Waals surface area contributed by atoms with Crippen molar-refractivity contribution in [3.05, 3.63) is 35.9 Å². The molecule has 1 aromatic rings. The molecule has 3 aliphatic heterocycles. The van der Waals surface area contributed by atoms with E-state index in [1.807, 2.05) is 30.3 Å². The van der Waals surface area contributed by atoms with Gasteiger partial charge in [-0.3, -0.25) is 33.7 Å². The van der Waals surface area contributed by atoms with Gasteiger partial charge in [-0.1, -0.05) is 95.0 Å². The quantitative estimate of drug-likeness (QED) is 0.0253. The number of amides is 5. The van der Waals surface area contributed by atoms with E-state index in [-0.39, 0.29) is 97.0 Å². The molecule has 5 amide bonds. The van der Waals surface area contributed by atoms with Gasteiger partial charge in [-0.2, -0.15) is 0 Å². The van der Waals surface area contributed by atoms with E-state index in [0.29, 0.717) is 6.42 Å². The van der Waals surface area contributed by atoms with Gasteiger partial charge in [0.25, 0.3) is 0 Å². The van der Waals surface area contributed by atoms with Crippen LogP contribution in [0.1, 0.15) is 136 Å². The van der Waals surface area contributed by atoms with Crippen LogP contribution in [0.25, 0.3) is 0 Å². The number of carbonyl (C=O) groups excluding carboxylic acids is 6. The summed E-state index contributed by atoms with van der Waals surface area (Å²) in [5.41, 5.74) is 0.778. The van der Waals surface area contributed by atoms with E-state index in [1.54, 1.807) is 0 Å². The highest BCUT2D eigenvalue weighted by atomic mass is 16.7. The van der Waals surface area contributed by atoms with Crippen LogP contribution < -0.4 is 26.6 Å². The van der Waals surface area contributed by atoms with E-state index in [1.165, 1.54) is 57.8 Å². The predicted octanol–water partition coefficient (Wildman–Crippen LogP) is -1.86. The Bertz CT molecular complexity index is 2100. The fraction of sp³-hybridized carbons (Fsp3) is 0.797. The molecular weight excluding hydrogens is 1140 g/mol. The van der Waals surface area contributed by atoms with E-state index >= 15 is 0 Å². The summed E-state index contributed by atoms with van der Waals surface area (Å²) in [6.07, 6.45) is -9.31. The molecule has 0 aliphatic carbocycles. The number of carbonyl (C=O) groups is 6. The maximum absolute atomic E-state index is 14.3. The van der Waals surface area contributed by atoms with Crippen molar-refractivity contribution in [2.45, 2.75) is 241 Å². The van der Waals surface area contributed by atoms with Crippen molar-refractivity contribution in [1.29, 1.82) is 0 Å². The SMILES string of the molecule is CCCCCCCCCCCCC(=O)N[C@@H](CCC(=O)OCc1ccccc1)C(=O)NCCCC[C@@H](C(=O)NCCO[C@@H]1O[C@@H](C)[C@@H](O)[C@@H](O)[C@@H]1O)N(CC(=O)NCCO[C@@H]1O[C@@H](C)[C@@H](O)[C@@H](O)[C@@H]1O)CC(=O)NCCO[C@@H]1O[C@@H](C)[C@@H](O)[C@@H](O)[C@@H]1O. The Hall–Kier alpha value is -4.60. The van der Waals surface area contributed by atoms with Crippen LogP contribution in [-0.4, -0.2) is 250 Å². The molecule has 28 nitrogen and oxygen atoms in total. The third kappa shape index (κ3) is 26.8. The third-order valence-electron chi connectivity index (χ3n) is 15.5. The van der Waals surface area contributed by atoms with E-state index < -0.39 is 147 Å². The number of ether oxygens (including phenoxy) is 7. The highest BCUT2D eigenvalue weighted by Crippen LogP contribution is 2.24. The van der Waals surface area contributed by atoms with Crippen molar-refractivity contribution >= 4 is 35.5 Å². The Morgan fingerprint density at radius 1 is 0.483 bits per heavy atom. The maximum atomic E-state index is 14.3. The first-order valence-electron chi connectivity index (χ1n) is 30.9. The second kappa shape index (κ2) is 40.9. The molecule has 17 atom stereocenters. The first-order valence-corrected chi connectivity index (χ1v) is 30.9. The molecule has 28 heteroatoms. The molecule has 3 aliphatic rings. The number of esters is 1. The Morgan fingerprint density at radius 2 is 0.920 bits per heavy atom. The van der Waals surface area contributed by atoms with Crippen molar-refractivity contribution in [2.24, 2.45) is 0 Å². The zero-order valence-electron chi connectivity index (χ0n) is 50.9. The molecule has 3 saturated heterocycles. The van der Waals surface area contributed by atoms with Crippen molar-refractivity contribution in [3.63, 3.8) is 0 Å². The molecule has 0 bridgehead atoms. The normalized spacial score (nSPS) is 28.0. The minimum absolute atomic E-state index is 0.0276. The van der Waals surface area contributed by atoms with Gasteiger partial charge in [0.05, 0.1) is 57.3 Å². The van der Waals surface area contributed by atoms with Crippen LogP contribution in [0.3, 0.4) is 0 Å². The molecule has 3 heterocycles. The van der Waals surface area contributed by atoms with Gasteiger partial charge in [0.15, 0.2) is 18.9 Å². The van der Waals surface area contributed by atoms with E-state index in [2.05, 4.69) is 33.5 Å². The van der Waals surface area contributed by atoms with Gasteiger partial charge >= 0.3 is 5.97 Å². The molecule has 0 unspecified atom stereocenters. The van der Waals surface area contributed by atoms with Crippen LogP contribution in [-0.2, 0) is 68.5 Å². The second-order valence-electron chi connectivity index (χ2n) is 22.6. The van der Waals surface area contributed by atoms with Crippen LogP contribution in [0.2, 0.25) is 0 Å². The molecule has 0 saturated carbocycles. The van der Waals surface area contributed by atoms with Crippen molar-refractivity contribution < 1.29 is 108 Å². The molecule has 0 aromatic heterocycles. The van der Waals surface area contributed by atoms with Crippen LogP contribution in [0.15, 0.2) is 30.3 Å². The Labute approximate surface area is 509 Å². The number of hydrogen-bond acceptors (Lipinski definition) is 23. The first-order chi connectivity index (χ1) is 41.6. The van der Waals surface area contributed by atoms with E-state index in [9.17, 15) is 74.7 Å². The van der Waals surface area contributed by atoms with Gasteiger partial charge in [-0.15, -0.1) is 0 Å². The second-order valence-corrected chi connectivity index (χ2v) is 22.6. The van der Waals surface area contributed by atoms with Crippen LogP contribution in [0.4, 0.5) is 0 Å². The predicted molar refractivity (Wildman–Crippen MR) is 310 cm³/mol. The minimum Gasteiger partial charge on any atom is -0.461 e. The molecule has 1 aromatic carbocycles. The fourth-order valence-corrected chi connectivity index (χ4v) is 10.1. The number of benzene rings is 1. The van der Waals surface area contributed by atoms with Crippen LogP contribution >= 0.6 is 0 Å². The summed E-state index contributed by atoms with van der Waals surface area (Å²) in [5.74, 6) is -3.53. The lowest BCUT2D eigenvalue weighted by Gasteiger charge is -2.39. The number of nitrogens with one attached hydrogen (secondary N) is 5. The fourth-order valence-electron chi connectivity index (χ4n) is 10.1. The van der Waals surface area contributed by atoms with E-state index in [4.69, 9.17) is 33.2 Å². The maximum Gasteiger partial charge on any atom is 0.306 e. The van der Waals surface area contributed by atoms with Crippen LogP contribution in [0, 0.1) is 0 Å².